The molecule has 264 valence electrons. The molecule has 0 radical (unpaired) electrons. The topological polar surface area (TPSA) is 114 Å². The van der Waals surface area contributed by atoms with Crippen LogP contribution in [0.25, 0.3) is 5.69 Å². The van der Waals surface area contributed by atoms with E-state index in [1.165, 1.54) is 16.0 Å². The highest BCUT2D eigenvalue weighted by Gasteiger charge is 2.36. The summed E-state index contributed by atoms with van der Waals surface area (Å²) in [6.45, 7) is 1.89. The van der Waals surface area contributed by atoms with E-state index in [2.05, 4.69) is 5.10 Å². The van der Waals surface area contributed by atoms with Crippen LogP contribution in [-0.2, 0) is 24.2 Å². The molecule has 0 unspecified atom stereocenters. The Morgan fingerprint density at radius 1 is 0.827 bits per heavy atom. The first-order valence-electron chi connectivity index (χ1n) is 17.1. The number of methoxy groups -OCH3 is 1. The molecule has 0 spiro atoms. The summed E-state index contributed by atoms with van der Waals surface area (Å²) in [5, 5.41) is 5.48. The maximum atomic E-state index is 14.3. The van der Waals surface area contributed by atoms with Crippen LogP contribution in [-0.4, -0.2) is 65.1 Å². The molecule has 3 amide bonds. The van der Waals surface area contributed by atoms with Crippen molar-refractivity contribution in [2.45, 2.75) is 38.6 Å². The Bertz CT molecular complexity index is 2210. The number of rotatable bonds is 7. The van der Waals surface area contributed by atoms with E-state index in [4.69, 9.17) is 21.1 Å². The number of nitrogens with zero attached hydrogens (tertiary/aromatic N) is 5. The minimum Gasteiger partial charge on any atom is -0.497 e. The molecule has 0 N–H and O–H groups in total. The summed E-state index contributed by atoms with van der Waals surface area (Å²) in [4.78, 5) is 60.1. The Morgan fingerprint density at radius 2 is 1.56 bits per heavy atom. The highest BCUT2D eigenvalue weighted by atomic mass is 35.5. The van der Waals surface area contributed by atoms with Crippen LogP contribution < -0.4 is 19.3 Å². The van der Waals surface area contributed by atoms with E-state index in [1.807, 2.05) is 24.3 Å². The number of ether oxygens (including phenoxy) is 2. The second kappa shape index (κ2) is 13.9. The molecule has 2 aromatic heterocycles. The Labute approximate surface area is 308 Å². The van der Waals surface area contributed by atoms with Crippen LogP contribution in [0.3, 0.4) is 0 Å². The van der Waals surface area contributed by atoms with Crippen molar-refractivity contribution in [2.75, 3.05) is 36.5 Å². The quantitative estimate of drug-likeness (QED) is 0.170. The summed E-state index contributed by atoms with van der Waals surface area (Å²) in [7, 11) is 1.57. The average Bonchev–Trinajstić information content (AvgIpc) is 3.77. The van der Waals surface area contributed by atoms with Gasteiger partial charge in [0.15, 0.2) is 10.8 Å². The third kappa shape index (κ3) is 6.22. The van der Waals surface area contributed by atoms with Crippen molar-refractivity contribution < 1.29 is 28.7 Å². The molecule has 13 heteroatoms. The highest BCUT2D eigenvalue weighted by Crippen LogP contribution is 2.36. The maximum Gasteiger partial charge on any atom is 0.365 e. The molecule has 11 nitrogen and oxygen atoms in total. The smallest absolute Gasteiger partial charge is 0.365 e. The molecule has 0 saturated carbocycles. The lowest BCUT2D eigenvalue weighted by molar-refractivity contribution is -0.119. The van der Waals surface area contributed by atoms with Crippen molar-refractivity contribution in [3.63, 3.8) is 0 Å². The normalized spacial score (nSPS) is 15.7. The summed E-state index contributed by atoms with van der Waals surface area (Å²) in [5.74, 6) is -0.376. The Kier molecular flexibility index (Phi) is 9.02. The number of thiophene rings is 1. The van der Waals surface area contributed by atoms with Crippen LogP contribution in [0, 0.1) is 0 Å². The largest absolute Gasteiger partial charge is 0.497 e. The SMILES string of the molecule is COc1ccc(-n2nc(C(=O)Oc3cc4c(s3)CCN(C(=O)c3ccccc3Cl)C4)c3c2C(=O)N(c2ccc(N4CCCCC4=O)cc2)CC3)cc1. The molecule has 3 aliphatic heterocycles. The average molecular weight is 736 g/mol. The van der Waals surface area contributed by atoms with Crippen LogP contribution in [0.1, 0.15) is 66.6 Å². The molecule has 0 bridgehead atoms. The first-order chi connectivity index (χ1) is 25.3. The van der Waals surface area contributed by atoms with Crippen molar-refractivity contribution in [1.82, 2.24) is 14.7 Å². The van der Waals surface area contributed by atoms with Gasteiger partial charge in [-0.3, -0.25) is 14.4 Å². The van der Waals surface area contributed by atoms with E-state index in [0.29, 0.717) is 83.8 Å². The summed E-state index contributed by atoms with van der Waals surface area (Å²) in [6, 6.07) is 23.3. The van der Waals surface area contributed by atoms with Crippen molar-refractivity contribution in [2.24, 2.45) is 0 Å². The minimum atomic E-state index is -0.664. The van der Waals surface area contributed by atoms with Crippen LogP contribution in [0.15, 0.2) is 78.9 Å². The lowest BCUT2D eigenvalue weighted by Crippen LogP contribution is -2.39. The predicted molar refractivity (Wildman–Crippen MR) is 197 cm³/mol. The Hall–Kier alpha value is -5.46. The van der Waals surface area contributed by atoms with Gasteiger partial charge in [0.25, 0.3) is 11.8 Å². The number of fused-ring (bicyclic) bond motifs is 2. The first-order valence-corrected chi connectivity index (χ1v) is 18.3. The number of carbonyl (C=O) groups is 4. The minimum absolute atomic E-state index is 0.0691. The Morgan fingerprint density at radius 3 is 2.29 bits per heavy atom. The predicted octanol–water partition coefficient (Wildman–Crippen LogP) is 6.73. The van der Waals surface area contributed by atoms with Crippen LogP contribution in [0.4, 0.5) is 11.4 Å². The maximum absolute atomic E-state index is 14.3. The van der Waals surface area contributed by atoms with Gasteiger partial charge in [-0.15, -0.1) is 11.3 Å². The zero-order chi connectivity index (χ0) is 35.9. The van der Waals surface area contributed by atoms with E-state index in [-0.39, 0.29) is 29.1 Å². The van der Waals surface area contributed by atoms with Gasteiger partial charge in [0, 0.05) is 54.4 Å². The Balaban J connectivity index is 1.06. The molecule has 0 atom stereocenters. The molecule has 3 aromatic carbocycles. The molecular formula is C39H34ClN5O6S. The van der Waals surface area contributed by atoms with Crippen molar-refractivity contribution in [3.05, 3.63) is 117 Å². The molecule has 1 saturated heterocycles. The number of hydrogen-bond donors (Lipinski definition) is 0. The monoisotopic (exact) mass is 735 g/mol. The molecule has 8 rings (SSSR count). The number of piperidine rings is 1. The number of halogens is 1. The standard InChI is InChI=1S/C39H34ClN5O6S/c1-50-28-15-13-27(14-16-28)45-36-30(17-21-44(38(36)48)26-11-9-25(10-12-26)43-19-5-4-8-33(43)46)35(41-45)39(49)51-34-22-24-23-42(20-18-32(24)52-34)37(47)29-6-2-3-7-31(29)40/h2-3,6-7,9-16,22H,4-5,8,17-21,23H2,1H3. The van der Waals surface area contributed by atoms with E-state index in [9.17, 15) is 19.2 Å². The van der Waals surface area contributed by atoms with Gasteiger partial charge in [0.05, 0.1) is 23.4 Å². The molecule has 3 aliphatic rings. The zero-order valence-electron chi connectivity index (χ0n) is 28.3. The zero-order valence-corrected chi connectivity index (χ0v) is 29.9. The molecule has 5 heterocycles. The van der Waals surface area contributed by atoms with Crippen LogP contribution >= 0.6 is 22.9 Å². The summed E-state index contributed by atoms with van der Waals surface area (Å²) in [6.07, 6.45) is 3.38. The number of anilines is 2. The van der Waals surface area contributed by atoms with Gasteiger partial charge in [0.1, 0.15) is 11.4 Å². The van der Waals surface area contributed by atoms with E-state index in [1.54, 1.807) is 76.4 Å². The number of benzene rings is 3. The van der Waals surface area contributed by atoms with E-state index >= 15 is 0 Å². The van der Waals surface area contributed by atoms with E-state index < -0.39 is 5.97 Å². The second-order valence-corrected chi connectivity index (χ2v) is 14.4. The van der Waals surface area contributed by atoms with Gasteiger partial charge < -0.3 is 24.2 Å². The van der Waals surface area contributed by atoms with Gasteiger partial charge in [-0.25, -0.2) is 9.48 Å². The third-order valence-electron chi connectivity index (χ3n) is 9.75. The van der Waals surface area contributed by atoms with Gasteiger partial charge in [-0.2, -0.15) is 5.10 Å². The van der Waals surface area contributed by atoms with Crippen molar-refractivity contribution in [1.29, 1.82) is 0 Å². The molecule has 0 aliphatic carbocycles. The third-order valence-corrected chi connectivity index (χ3v) is 11.2. The summed E-state index contributed by atoms with van der Waals surface area (Å²) >= 11 is 7.67. The molecule has 1 fully saturated rings. The summed E-state index contributed by atoms with van der Waals surface area (Å²) in [5.41, 5.74) is 4.29. The lowest BCUT2D eigenvalue weighted by Gasteiger charge is -2.29. The fourth-order valence-corrected chi connectivity index (χ4v) is 8.27. The molecule has 52 heavy (non-hydrogen) atoms. The highest BCUT2D eigenvalue weighted by molar-refractivity contribution is 7.14. The van der Waals surface area contributed by atoms with Gasteiger partial charge in [0.2, 0.25) is 5.91 Å². The second-order valence-electron chi connectivity index (χ2n) is 12.9. The fourth-order valence-electron chi connectivity index (χ4n) is 7.05. The lowest BCUT2D eigenvalue weighted by atomic mass is 10.0. The number of hydrogen-bond acceptors (Lipinski definition) is 8. The fraction of sp³-hybridized carbons (Fsp3) is 0.256. The van der Waals surface area contributed by atoms with Crippen LogP contribution in [0.2, 0.25) is 5.02 Å². The number of aromatic nitrogens is 2. The van der Waals surface area contributed by atoms with E-state index in [0.717, 1.165) is 29.0 Å². The van der Waals surface area contributed by atoms with Gasteiger partial charge in [-0.05, 0) is 98.0 Å². The van der Waals surface area contributed by atoms with Crippen molar-refractivity contribution in [3.8, 4) is 16.5 Å². The van der Waals surface area contributed by atoms with Gasteiger partial charge in [-0.1, -0.05) is 23.7 Å². The number of amides is 3. The summed E-state index contributed by atoms with van der Waals surface area (Å²) < 4.78 is 12.8. The molecule has 5 aromatic rings. The first kappa shape index (κ1) is 33.7. The number of carbonyl (C=O) groups excluding carboxylic acids is 4. The molecular weight excluding hydrogens is 702 g/mol. The van der Waals surface area contributed by atoms with Crippen LogP contribution in [0.5, 0.6) is 10.8 Å². The number of esters is 1. The van der Waals surface area contributed by atoms with Crippen molar-refractivity contribution >= 4 is 58.0 Å². The van der Waals surface area contributed by atoms with Gasteiger partial charge >= 0.3 is 5.97 Å².